The van der Waals surface area contributed by atoms with Crippen LogP contribution in [0.15, 0.2) is 23.1 Å². The fourth-order valence-corrected chi connectivity index (χ4v) is 4.14. The third-order valence-electron chi connectivity index (χ3n) is 5.41. The summed E-state index contributed by atoms with van der Waals surface area (Å²) in [6.07, 6.45) is 1.65. The third kappa shape index (κ3) is 4.26. The number of likely N-dealkylation sites (tertiary alicyclic amines) is 1. The fraction of sp³-hybridized carbons (Fsp3) is 0.571. The minimum Gasteiger partial charge on any atom is -0.486 e. The van der Waals surface area contributed by atoms with Gasteiger partial charge in [0.05, 0.1) is 17.8 Å². The van der Waals surface area contributed by atoms with Crippen molar-refractivity contribution >= 4 is 17.1 Å². The molecule has 2 aromatic rings. The molecule has 162 valence electrons. The largest absolute Gasteiger partial charge is 0.486 e. The van der Waals surface area contributed by atoms with Crippen molar-refractivity contribution < 1.29 is 18.7 Å². The van der Waals surface area contributed by atoms with E-state index in [0.717, 1.165) is 25.7 Å². The smallest absolute Gasteiger partial charge is 0.407 e. The Kier molecular flexibility index (Phi) is 5.40. The SMILES string of the molecule is CC(C)(C)OC(=O)NC[C@H]1CCN(C[C@@H]2COc3c(F)cnc4ccc(=O)n2c34)C1. The zero-order valence-electron chi connectivity index (χ0n) is 17.5. The van der Waals surface area contributed by atoms with E-state index in [1.54, 1.807) is 10.6 Å². The van der Waals surface area contributed by atoms with Gasteiger partial charge in [-0.05, 0) is 45.7 Å². The van der Waals surface area contributed by atoms with E-state index in [9.17, 15) is 14.0 Å². The molecule has 0 aromatic carbocycles. The van der Waals surface area contributed by atoms with Gasteiger partial charge in [0.15, 0.2) is 11.6 Å². The van der Waals surface area contributed by atoms with Gasteiger partial charge in [0, 0.05) is 25.7 Å². The number of hydrogen-bond acceptors (Lipinski definition) is 6. The van der Waals surface area contributed by atoms with Crippen molar-refractivity contribution in [1.29, 1.82) is 0 Å². The molecule has 2 atom stereocenters. The summed E-state index contributed by atoms with van der Waals surface area (Å²) in [5, 5.41) is 2.83. The van der Waals surface area contributed by atoms with Gasteiger partial charge in [-0.2, -0.15) is 0 Å². The molecule has 1 N–H and O–H groups in total. The predicted molar refractivity (Wildman–Crippen MR) is 109 cm³/mol. The van der Waals surface area contributed by atoms with Gasteiger partial charge in [-0.1, -0.05) is 0 Å². The van der Waals surface area contributed by atoms with E-state index in [2.05, 4.69) is 15.2 Å². The maximum atomic E-state index is 14.1. The topological polar surface area (TPSA) is 85.7 Å². The molecule has 1 amide bonds. The molecule has 0 saturated carbocycles. The highest BCUT2D eigenvalue weighted by Gasteiger charge is 2.31. The molecule has 4 rings (SSSR count). The van der Waals surface area contributed by atoms with Crippen LogP contribution in [0.25, 0.3) is 11.0 Å². The number of carbonyl (C=O) groups is 1. The summed E-state index contributed by atoms with van der Waals surface area (Å²) in [6.45, 7) is 8.53. The summed E-state index contributed by atoms with van der Waals surface area (Å²) in [5.41, 5.74) is 0.246. The highest BCUT2D eigenvalue weighted by Crippen LogP contribution is 2.33. The number of pyridine rings is 2. The Morgan fingerprint density at radius 1 is 1.40 bits per heavy atom. The van der Waals surface area contributed by atoms with Crippen LogP contribution in [0, 0.1) is 11.7 Å². The first-order chi connectivity index (χ1) is 14.2. The van der Waals surface area contributed by atoms with Crippen molar-refractivity contribution in [1.82, 2.24) is 19.8 Å². The number of alkyl carbamates (subject to hydrolysis) is 1. The quantitative estimate of drug-likeness (QED) is 0.820. The first-order valence-electron chi connectivity index (χ1n) is 10.2. The first kappa shape index (κ1) is 20.6. The van der Waals surface area contributed by atoms with Crippen LogP contribution >= 0.6 is 0 Å². The van der Waals surface area contributed by atoms with E-state index in [1.165, 1.54) is 6.07 Å². The molecule has 2 aliphatic rings. The molecule has 0 radical (unpaired) electrons. The number of carbonyl (C=O) groups excluding carboxylic acids is 1. The molecule has 2 aromatic heterocycles. The van der Waals surface area contributed by atoms with Crippen molar-refractivity contribution in [3.8, 4) is 5.75 Å². The van der Waals surface area contributed by atoms with E-state index in [1.807, 2.05) is 20.8 Å². The monoisotopic (exact) mass is 418 g/mol. The van der Waals surface area contributed by atoms with Gasteiger partial charge in [0.25, 0.3) is 5.56 Å². The Balaban J connectivity index is 1.41. The number of rotatable bonds is 4. The molecule has 8 nitrogen and oxygen atoms in total. The average Bonchev–Trinajstić information content (AvgIpc) is 3.11. The van der Waals surface area contributed by atoms with Crippen LogP contribution in [-0.4, -0.2) is 58.9 Å². The lowest BCUT2D eigenvalue weighted by atomic mass is 10.1. The van der Waals surface area contributed by atoms with Crippen molar-refractivity contribution in [3.05, 3.63) is 34.5 Å². The number of nitrogens with one attached hydrogen (secondary N) is 1. The number of hydrogen-bond donors (Lipinski definition) is 1. The maximum Gasteiger partial charge on any atom is 0.407 e. The fourth-order valence-electron chi connectivity index (χ4n) is 4.14. The van der Waals surface area contributed by atoms with E-state index in [0.29, 0.717) is 30.0 Å². The molecule has 9 heteroatoms. The van der Waals surface area contributed by atoms with Crippen molar-refractivity contribution in [3.63, 3.8) is 0 Å². The molecule has 0 aliphatic carbocycles. The molecule has 30 heavy (non-hydrogen) atoms. The summed E-state index contributed by atoms with van der Waals surface area (Å²) >= 11 is 0. The van der Waals surface area contributed by atoms with Crippen LogP contribution in [0.3, 0.4) is 0 Å². The molecule has 1 fully saturated rings. The maximum absolute atomic E-state index is 14.1. The zero-order valence-corrected chi connectivity index (χ0v) is 17.5. The number of nitrogens with zero attached hydrogens (tertiary/aromatic N) is 3. The van der Waals surface area contributed by atoms with Gasteiger partial charge in [0.2, 0.25) is 0 Å². The standard InChI is InChI=1S/C21H27FN4O4/c1-21(2,3)30-20(28)24-8-13-6-7-25(10-13)11-14-12-29-19-15(22)9-23-16-4-5-17(27)26(14)18(16)19/h4-5,9,13-14H,6-8,10-12H2,1-3H3,(H,24,28)/t13-,14-/m1/s1. The minimum absolute atomic E-state index is 0.0924. The van der Waals surface area contributed by atoms with E-state index in [4.69, 9.17) is 9.47 Å². The predicted octanol–water partition coefficient (Wildman–Crippen LogP) is 2.32. The van der Waals surface area contributed by atoms with Gasteiger partial charge in [-0.15, -0.1) is 0 Å². The van der Waals surface area contributed by atoms with E-state index >= 15 is 0 Å². The Labute approximate surface area is 174 Å². The van der Waals surface area contributed by atoms with Gasteiger partial charge >= 0.3 is 6.09 Å². The highest BCUT2D eigenvalue weighted by atomic mass is 19.1. The summed E-state index contributed by atoms with van der Waals surface area (Å²) in [7, 11) is 0. The van der Waals surface area contributed by atoms with Gasteiger partial charge in [-0.3, -0.25) is 14.3 Å². The highest BCUT2D eigenvalue weighted by molar-refractivity contribution is 5.82. The minimum atomic E-state index is -0.560. The molecular weight excluding hydrogens is 391 g/mol. The van der Waals surface area contributed by atoms with E-state index < -0.39 is 17.5 Å². The summed E-state index contributed by atoms with van der Waals surface area (Å²) < 4.78 is 26.7. The molecule has 4 heterocycles. The van der Waals surface area contributed by atoms with E-state index in [-0.39, 0.29) is 24.0 Å². The Morgan fingerprint density at radius 2 is 2.20 bits per heavy atom. The summed E-state index contributed by atoms with van der Waals surface area (Å²) in [5.74, 6) is -0.162. The van der Waals surface area contributed by atoms with Gasteiger partial charge in [-0.25, -0.2) is 9.18 Å². The lowest BCUT2D eigenvalue weighted by molar-refractivity contribution is 0.0519. The van der Waals surface area contributed by atoms with Crippen LogP contribution in [0.4, 0.5) is 9.18 Å². The van der Waals surface area contributed by atoms with Crippen LogP contribution in [-0.2, 0) is 4.74 Å². The molecule has 2 aliphatic heterocycles. The first-order valence-corrected chi connectivity index (χ1v) is 10.2. The van der Waals surface area contributed by atoms with Gasteiger partial charge < -0.3 is 19.7 Å². The molecular formula is C21H27FN4O4. The molecule has 0 unspecified atom stereocenters. The lowest BCUT2D eigenvalue weighted by Gasteiger charge is -2.31. The Bertz CT molecular complexity index is 1020. The zero-order chi connectivity index (χ0) is 21.5. The van der Waals surface area contributed by atoms with Crippen molar-refractivity contribution in [2.24, 2.45) is 5.92 Å². The number of halogens is 1. The van der Waals surface area contributed by atoms with Crippen LogP contribution < -0.4 is 15.6 Å². The normalized spacial score (nSPS) is 21.5. The van der Waals surface area contributed by atoms with Gasteiger partial charge in [0.1, 0.15) is 17.7 Å². The number of aromatic nitrogens is 2. The Morgan fingerprint density at radius 3 is 2.97 bits per heavy atom. The van der Waals surface area contributed by atoms with Crippen LogP contribution in [0.5, 0.6) is 5.75 Å². The summed E-state index contributed by atoms with van der Waals surface area (Å²) in [6, 6.07) is 2.83. The average molecular weight is 418 g/mol. The number of amides is 1. The second-order valence-electron chi connectivity index (χ2n) is 8.97. The van der Waals surface area contributed by atoms with Crippen LogP contribution in [0.2, 0.25) is 0 Å². The van der Waals surface area contributed by atoms with Crippen molar-refractivity contribution in [2.75, 3.05) is 32.8 Å². The summed E-state index contributed by atoms with van der Waals surface area (Å²) in [4.78, 5) is 30.8. The number of ether oxygens (including phenoxy) is 2. The molecule has 0 spiro atoms. The lowest BCUT2D eigenvalue weighted by Crippen LogP contribution is -2.40. The second-order valence-corrected chi connectivity index (χ2v) is 8.97. The molecule has 0 bridgehead atoms. The second kappa shape index (κ2) is 7.86. The third-order valence-corrected chi connectivity index (χ3v) is 5.41. The Hall–Kier alpha value is -2.68. The molecule has 1 saturated heterocycles. The van der Waals surface area contributed by atoms with Crippen LogP contribution in [0.1, 0.15) is 33.2 Å². The van der Waals surface area contributed by atoms with Crippen molar-refractivity contribution in [2.45, 2.75) is 38.8 Å².